The number of fused-ring (bicyclic) bond motifs is 1. The van der Waals surface area contributed by atoms with Gasteiger partial charge in [-0.2, -0.15) is 0 Å². The van der Waals surface area contributed by atoms with Crippen molar-refractivity contribution in [2.24, 2.45) is 0 Å². The predicted octanol–water partition coefficient (Wildman–Crippen LogP) is 1.00. The zero-order valence-corrected chi connectivity index (χ0v) is 9.95. The first-order chi connectivity index (χ1) is 9.41. The third-order valence-corrected chi connectivity index (χ3v) is 2.70. The van der Waals surface area contributed by atoms with E-state index in [9.17, 15) is 14.4 Å². The summed E-state index contributed by atoms with van der Waals surface area (Å²) in [7, 11) is 0. The van der Waals surface area contributed by atoms with Crippen molar-refractivity contribution in [3.8, 4) is 0 Å². The number of carboxylic acid groups (broad SMARTS) is 3. The quantitative estimate of drug-likeness (QED) is 0.648. The molecule has 102 valence electrons. The second-order valence-corrected chi connectivity index (χ2v) is 3.94. The number of para-hydroxylation sites is 1. The van der Waals surface area contributed by atoms with Crippen molar-refractivity contribution < 1.29 is 29.7 Å². The highest BCUT2D eigenvalue weighted by Gasteiger charge is 2.30. The standard InChI is InChI=1S/C13H9NO6/c15-11(16)7-5-6-3-1-2-4-8(6)14-10(13(19)20)9(7)12(17)18/h1-5,14H,(H,15,16)(H,17,18)(H,19,20). The third-order valence-electron chi connectivity index (χ3n) is 2.70. The molecule has 0 spiro atoms. The van der Waals surface area contributed by atoms with Gasteiger partial charge in [-0.1, -0.05) is 18.2 Å². The van der Waals surface area contributed by atoms with E-state index in [-0.39, 0.29) is 0 Å². The molecule has 0 radical (unpaired) electrons. The van der Waals surface area contributed by atoms with E-state index in [2.05, 4.69) is 5.32 Å². The summed E-state index contributed by atoms with van der Waals surface area (Å²) in [6, 6.07) is 6.32. The molecule has 0 atom stereocenters. The summed E-state index contributed by atoms with van der Waals surface area (Å²) in [4.78, 5) is 33.6. The van der Waals surface area contributed by atoms with E-state index in [0.29, 0.717) is 11.3 Å². The molecule has 0 saturated heterocycles. The molecule has 7 heteroatoms. The van der Waals surface area contributed by atoms with Crippen molar-refractivity contribution in [2.75, 3.05) is 5.32 Å². The zero-order chi connectivity index (χ0) is 14.9. The highest BCUT2D eigenvalue weighted by molar-refractivity contribution is 6.15. The monoisotopic (exact) mass is 275 g/mol. The van der Waals surface area contributed by atoms with E-state index in [1.54, 1.807) is 18.2 Å². The number of hydrogen-bond donors (Lipinski definition) is 4. The van der Waals surface area contributed by atoms with Crippen LogP contribution in [0.5, 0.6) is 0 Å². The number of hydrogen-bond acceptors (Lipinski definition) is 4. The first-order valence-electron chi connectivity index (χ1n) is 5.44. The summed E-state index contributed by atoms with van der Waals surface area (Å²) in [6.45, 7) is 0. The van der Waals surface area contributed by atoms with Gasteiger partial charge < -0.3 is 20.6 Å². The molecule has 0 bridgehead atoms. The molecule has 1 aliphatic heterocycles. The fourth-order valence-electron chi connectivity index (χ4n) is 1.85. The molecule has 4 N–H and O–H groups in total. The lowest BCUT2D eigenvalue weighted by Gasteiger charge is -2.09. The smallest absolute Gasteiger partial charge is 0.353 e. The highest BCUT2D eigenvalue weighted by Crippen LogP contribution is 2.29. The Labute approximate surface area is 112 Å². The highest BCUT2D eigenvalue weighted by atomic mass is 16.4. The van der Waals surface area contributed by atoms with Gasteiger partial charge in [-0.15, -0.1) is 0 Å². The van der Waals surface area contributed by atoms with Crippen LogP contribution in [0.25, 0.3) is 6.08 Å². The lowest BCUT2D eigenvalue weighted by atomic mass is 10.0. The van der Waals surface area contributed by atoms with Crippen LogP contribution in [-0.4, -0.2) is 33.2 Å². The molecule has 1 heterocycles. The molecule has 0 fully saturated rings. The minimum absolute atomic E-state index is 0.319. The van der Waals surface area contributed by atoms with Gasteiger partial charge in [0, 0.05) is 5.69 Å². The molecule has 1 aromatic carbocycles. The van der Waals surface area contributed by atoms with Gasteiger partial charge in [0.1, 0.15) is 11.3 Å². The van der Waals surface area contributed by atoms with Gasteiger partial charge in [-0.25, -0.2) is 14.4 Å². The molecule has 0 aliphatic carbocycles. The summed E-state index contributed by atoms with van der Waals surface area (Å²) < 4.78 is 0. The Kier molecular flexibility index (Phi) is 3.26. The van der Waals surface area contributed by atoms with Gasteiger partial charge in [0.05, 0.1) is 5.57 Å². The largest absolute Gasteiger partial charge is 0.478 e. The molecule has 1 aromatic rings. The second-order valence-electron chi connectivity index (χ2n) is 3.94. The van der Waals surface area contributed by atoms with E-state index in [1.165, 1.54) is 6.07 Å². The van der Waals surface area contributed by atoms with Gasteiger partial charge in [0.2, 0.25) is 0 Å². The lowest BCUT2D eigenvalue weighted by Crippen LogP contribution is -2.20. The van der Waals surface area contributed by atoms with Crippen LogP contribution < -0.4 is 5.32 Å². The molecule has 0 aromatic heterocycles. The maximum Gasteiger partial charge on any atom is 0.353 e. The minimum Gasteiger partial charge on any atom is -0.478 e. The van der Waals surface area contributed by atoms with Crippen molar-refractivity contribution in [3.05, 3.63) is 46.7 Å². The molecule has 7 nitrogen and oxygen atoms in total. The SMILES string of the molecule is O=C(O)C1=Cc2ccccc2NC(C(=O)O)=C1C(=O)O. The average Bonchev–Trinajstić information content (AvgIpc) is 2.55. The number of aliphatic carboxylic acids is 3. The van der Waals surface area contributed by atoms with Crippen LogP contribution in [-0.2, 0) is 14.4 Å². The number of anilines is 1. The summed E-state index contributed by atoms with van der Waals surface area (Å²) in [5, 5.41) is 29.8. The van der Waals surface area contributed by atoms with E-state index >= 15 is 0 Å². The predicted molar refractivity (Wildman–Crippen MR) is 68.0 cm³/mol. The number of carboxylic acids is 3. The van der Waals surface area contributed by atoms with Gasteiger partial charge in [-0.05, 0) is 17.7 Å². The topological polar surface area (TPSA) is 124 Å². The number of rotatable bonds is 3. The summed E-state index contributed by atoms with van der Waals surface area (Å²) in [6.07, 6.45) is 1.13. The Bertz CT molecular complexity index is 686. The van der Waals surface area contributed by atoms with Crippen LogP contribution in [0.1, 0.15) is 5.56 Å². The van der Waals surface area contributed by atoms with Crippen molar-refractivity contribution in [3.63, 3.8) is 0 Å². The average molecular weight is 275 g/mol. The maximum absolute atomic E-state index is 11.2. The van der Waals surface area contributed by atoms with E-state index in [4.69, 9.17) is 15.3 Å². The Morgan fingerprint density at radius 2 is 1.55 bits per heavy atom. The van der Waals surface area contributed by atoms with E-state index in [0.717, 1.165) is 6.08 Å². The summed E-state index contributed by atoms with van der Waals surface area (Å²) in [5.41, 5.74) is -1.36. The zero-order valence-electron chi connectivity index (χ0n) is 9.95. The molecule has 0 unspecified atom stereocenters. The van der Waals surface area contributed by atoms with Crippen LogP contribution in [0, 0.1) is 0 Å². The number of nitrogens with one attached hydrogen (secondary N) is 1. The van der Waals surface area contributed by atoms with Crippen molar-refractivity contribution >= 4 is 29.7 Å². The Hall–Kier alpha value is -3.09. The minimum atomic E-state index is -1.63. The molecule has 1 aliphatic rings. The third kappa shape index (κ3) is 2.24. The number of carbonyl (C=O) groups is 3. The maximum atomic E-state index is 11.2. The van der Waals surface area contributed by atoms with Gasteiger partial charge >= 0.3 is 17.9 Å². The second kappa shape index (κ2) is 4.88. The first-order valence-corrected chi connectivity index (χ1v) is 5.44. The molecule has 0 saturated carbocycles. The van der Waals surface area contributed by atoms with Crippen LogP contribution in [0.15, 0.2) is 41.1 Å². The fourth-order valence-corrected chi connectivity index (χ4v) is 1.85. The van der Waals surface area contributed by atoms with Crippen molar-refractivity contribution in [2.45, 2.75) is 0 Å². The van der Waals surface area contributed by atoms with Crippen molar-refractivity contribution in [1.29, 1.82) is 0 Å². The lowest BCUT2D eigenvalue weighted by molar-refractivity contribution is -0.137. The molecule has 20 heavy (non-hydrogen) atoms. The molecular formula is C13H9NO6. The first kappa shape index (κ1) is 13.3. The summed E-state index contributed by atoms with van der Waals surface area (Å²) >= 11 is 0. The molecule has 0 amide bonds. The summed E-state index contributed by atoms with van der Waals surface area (Å²) in [5.74, 6) is -4.69. The number of benzene rings is 1. The molecule has 2 rings (SSSR count). The van der Waals surface area contributed by atoms with Crippen LogP contribution in [0.3, 0.4) is 0 Å². The van der Waals surface area contributed by atoms with Gasteiger partial charge in [0.25, 0.3) is 0 Å². The fraction of sp³-hybridized carbons (Fsp3) is 0. The van der Waals surface area contributed by atoms with E-state index in [1.807, 2.05) is 0 Å². The van der Waals surface area contributed by atoms with Gasteiger partial charge in [-0.3, -0.25) is 0 Å². The normalized spacial score (nSPS) is 13.7. The Balaban J connectivity index is 2.79. The van der Waals surface area contributed by atoms with Crippen LogP contribution in [0.4, 0.5) is 5.69 Å². The Morgan fingerprint density at radius 1 is 0.900 bits per heavy atom. The van der Waals surface area contributed by atoms with E-state index < -0.39 is 34.8 Å². The Morgan fingerprint density at radius 3 is 2.10 bits per heavy atom. The van der Waals surface area contributed by atoms with Crippen LogP contribution >= 0.6 is 0 Å². The van der Waals surface area contributed by atoms with Gasteiger partial charge in [0.15, 0.2) is 0 Å². The van der Waals surface area contributed by atoms with Crippen molar-refractivity contribution in [1.82, 2.24) is 0 Å². The van der Waals surface area contributed by atoms with Crippen LogP contribution in [0.2, 0.25) is 0 Å². The molecular weight excluding hydrogens is 266 g/mol.